The van der Waals surface area contributed by atoms with Crippen molar-refractivity contribution in [3.05, 3.63) is 59.4 Å². The third-order valence-electron chi connectivity index (χ3n) is 2.57. The van der Waals surface area contributed by atoms with Crippen LogP contribution in [0.1, 0.15) is 10.4 Å². The summed E-state index contributed by atoms with van der Waals surface area (Å²) >= 11 is 0. The molecule has 0 atom stereocenters. The average Bonchev–Trinajstić information content (AvgIpc) is 2.40. The highest BCUT2D eigenvalue weighted by Gasteiger charge is 2.11. The number of hydrogen-bond acceptors (Lipinski definition) is 2. The van der Waals surface area contributed by atoms with E-state index in [4.69, 9.17) is 0 Å². The van der Waals surface area contributed by atoms with Crippen molar-refractivity contribution in [3.63, 3.8) is 0 Å². The molecule has 19 heavy (non-hydrogen) atoms. The first-order valence-corrected chi connectivity index (χ1v) is 5.35. The van der Waals surface area contributed by atoms with Crippen molar-refractivity contribution in [2.24, 2.45) is 0 Å². The molecule has 2 aromatic rings. The molecule has 2 nitrogen and oxygen atoms in total. The normalized spacial score (nSPS) is 10.3. The van der Waals surface area contributed by atoms with Crippen molar-refractivity contribution in [2.75, 3.05) is 7.11 Å². The van der Waals surface area contributed by atoms with Gasteiger partial charge < -0.3 is 4.74 Å². The zero-order chi connectivity index (χ0) is 14.0. The fourth-order valence-electron chi connectivity index (χ4n) is 1.67. The highest BCUT2D eigenvalue weighted by atomic mass is 19.2. The molecule has 0 N–H and O–H groups in total. The third-order valence-corrected chi connectivity index (χ3v) is 2.57. The summed E-state index contributed by atoms with van der Waals surface area (Å²) in [6.07, 6.45) is 0. The van der Waals surface area contributed by atoms with E-state index in [1.807, 2.05) is 0 Å². The van der Waals surface area contributed by atoms with Crippen LogP contribution in [-0.4, -0.2) is 13.1 Å². The average molecular weight is 266 g/mol. The molecule has 0 heterocycles. The molecule has 0 saturated carbocycles. The van der Waals surface area contributed by atoms with Crippen LogP contribution in [0.25, 0.3) is 11.1 Å². The Morgan fingerprint density at radius 1 is 0.947 bits per heavy atom. The van der Waals surface area contributed by atoms with Gasteiger partial charge in [-0.2, -0.15) is 0 Å². The minimum Gasteiger partial charge on any atom is -0.465 e. The summed E-state index contributed by atoms with van der Waals surface area (Å²) in [4.78, 5) is 11.3. The predicted molar refractivity (Wildman–Crippen MR) is 63.1 cm³/mol. The molecular formula is C14H9F3O2. The van der Waals surface area contributed by atoms with Gasteiger partial charge >= 0.3 is 5.97 Å². The molecule has 2 aromatic carbocycles. The van der Waals surface area contributed by atoms with E-state index < -0.39 is 23.4 Å². The molecule has 0 bridgehead atoms. The lowest BCUT2D eigenvalue weighted by molar-refractivity contribution is 0.0600. The molecule has 0 spiro atoms. The van der Waals surface area contributed by atoms with Crippen LogP contribution in [0.4, 0.5) is 13.2 Å². The Kier molecular flexibility index (Phi) is 3.55. The number of rotatable bonds is 2. The van der Waals surface area contributed by atoms with E-state index in [2.05, 4.69) is 4.74 Å². The smallest absolute Gasteiger partial charge is 0.337 e. The van der Waals surface area contributed by atoms with E-state index in [9.17, 15) is 18.0 Å². The molecule has 0 amide bonds. The Bertz CT molecular complexity index is 639. The molecule has 0 aliphatic rings. The maximum absolute atomic E-state index is 13.4. The van der Waals surface area contributed by atoms with Gasteiger partial charge in [-0.05, 0) is 41.5 Å². The Balaban J connectivity index is 2.52. The van der Waals surface area contributed by atoms with Gasteiger partial charge in [0.05, 0.1) is 12.7 Å². The van der Waals surface area contributed by atoms with E-state index in [-0.39, 0.29) is 16.7 Å². The van der Waals surface area contributed by atoms with Crippen molar-refractivity contribution in [1.82, 2.24) is 0 Å². The number of ether oxygens (including phenoxy) is 1. The van der Waals surface area contributed by atoms with Crippen LogP contribution in [0.5, 0.6) is 0 Å². The fraction of sp³-hybridized carbons (Fsp3) is 0.0714. The number of carbonyl (C=O) groups excluding carboxylic acids is 1. The quantitative estimate of drug-likeness (QED) is 0.777. The van der Waals surface area contributed by atoms with E-state index in [0.717, 1.165) is 24.3 Å². The van der Waals surface area contributed by atoms with Gasteiger partial charge in [-0.15, -0.1) is 0 Å². The van der Waals surface area contributed by atoms with Crippen LogP contribution >= 0.6 is 0 Å². The van der Waals surface area contributed by atoms with Crippen LogP contribution in [-0.2, 0) is 4.74 Å². The molecule has 0 saturated heterocycles. The topological polar surface area (TPSA) is 26.3 Å². The maximum atomic E-state index is 13.4. The Morgan fingerprint density at radius 3 is 2.32 bits per heavy atom. The zero-order valence-corrected chi connectivity index (χ0v) is 9.91. The summed E-state index contributed by atoms with van der Waals surface area (Å²) < 4.78 is 43.9. The van der Waals surface area contributed by atoms with E-state index >= 15 is 0 Å². The van der Waals surface area contributed by atoms with Crippen LogP contribution in [0.3, 0.4) is 0 Å². The van der Waals surface area contributed by atoms with Crippen LogP contribution in [0.2, 0.25) is 0 Å². The minimum atomic E-state index is -1.04. The molecule has 0 aliphatic carbocycles. The van der Waals surface area contributed by atoms with Crippen molar-refractivity contribution < 1.29 is 22.7 Å². The van der Waals surface area contributed by atoms with E-state index in [1.54, 1.807) is 0 Å². The fourth-order valence-corrected chi connectivity index (χ4v) is 1.67. The molecule has 0 fully saturated rings. The summed E-state index contributed by atoms with van der Waals surface area (Å²) in [5.41, 5.74) is 0.532. The van der Waals surface area contributed by atoms with Crippen LogP contribution < -0.4 is 0 Å². The van der Waals surface area contributed by atoms with Gasteiger partial charge in [0.1, 0.15) is 5.82 Å². The molecule has 0 radical (unpaired) electrons. The number of methoxy groups -OCH3 is 1. The van der Waals surface area contributed by atoms with Gasteiger partial charge in [-0.3, -0.25) is 0 Å². The first-order valence-electron chi connectivity index (χ1n) is 5.35. The van der Waals surface area contributed by atoms with Gasteiger partial charge in [0.25, 0.3) is 0 Å². The molecule has 5 heteroatoms. The lowest BCUT2D eigenvalue weighted by Crippen LogP contribution is -2.02. The zero-order valence-electron chi connectivity index (χ0n) is 9.91. The summed E-state index contributed by atoms with van der Waals surface area (Å²) in [7, 11) is 1.17. The molecule has 0 unspecified atom stereocenters. The van der Waals surface area contributed by atoms with Gasteiger partial charge in [0.15, 0.2) is 11.6 Å². The number of benzene rings is 2. The SMILES string of the molecule is COC(=O)c1cc(F)cc(-c2ccc(F)c(F)c2)c1. The highest BCUT2D eigenvalue weighted by Crippen LogP contribution is 2.24. The summed E-state index contributed by atoms with van der Waals surface area (Å²) in [6.45, 7) is 0. The lowest BCUT2D eigenvalue weighted by Gasteiger charge is -2.06. The molecular weight excluding hydrogens is 257 g/mol. The van der Waals surface area contributed by atoms with Crippen molar-refractivity contribution in [1.29, 1.82) is 0 Å². The Morgan fingerprint density at radius 2 is 1.68 bits per heavy atom. The summed E-state index contributed by atoms with van der Waals surface area (Å²) in [6, 6.07) is 6.66. The number of carbonyl (C=O) groups is 1. The monoisotopic (exact) mass is 266 g/mol. The van der Waals surface area contributed by atoms with Gasteiger partial charge in [0.2, 0.25) is 0 Å². The second-order valence-corrected chi connectivity index (χ2v) is 3.85. The Labute approximate surface area is 107 Å². The van der Waals surface area contributed by atoms with Crippen molar-refractivity contribution in [3.8, 4) is 11.1 Å². The van der Waals surface area contributed by atoms with Crippen molar-refractivity contribution >= 4 is 5.97 Å². The predicted octanol–water partition coefficient (Wildman–Crippen LogP) is 3.56. The summed E-state index contributed by atoms with van der Waals surface area (Å²) in [5.74, 6) is -3.40. The molecule has 98 valence electrons. The first-order chi connectivity index (χ1) is 9.01. The van der Waals surface area contributed by atoms with Crippen LogP contribution in [0.15, 0.2) is 36.4 Å². The molecule has 0 aromatic heterocycles. The number of hydrogen-bond donors (Lipinski definition) is 0. The number of halogens is 3. The van der Waals surface area contributed by atoms with E-state index in [0.29, 0.717) is 0 Å². The maximum Gasteiger partial charge on any atom is 0.337 e. The van der Waals surface area contributed by atoms with E-state index in [1.165, 1.54) is 19.2 Å². The molecule has 0 aliphatic heterocycles. The van der Waals surface area contributed by atoms with Gasteiger partial charge in [0, 0.05) is 0 Å². The minimum absolute atomic E-state index is 0.00207. The highest BCUT2D eigenvalue weighted by molar-refractivity contribution is 5.91. The summed E-state index contributed by atoms with van der Waals surface area (Å²) in [5, 5.41) is 0. The third kappa shape index (κ3) is 2.76. The Hall–Kier alpha value is -2.30. The van der Waals surface area contributed by atoms with Gasteiger partial charge in [-0.1, -0.05) is 6.07 Å². The molecule has 2 rings (SSSR count). The second kappa shape index (κ2) is 5.14. The lowest BCUT2D eigenvalue weighted by atomic mass is 10.0. The first kappa shape index (κ1) is 13.1. The second-order valence-electron chi connectivity index (χ2n) is 3.85. The van der Waals surface area contributed by atoms with Crippen molar-refractivity contribution in [2.45, 2.75) is 0 Å². The standard InChI is InChI=1S/C14H9F3O2/c1-19-14(18)10-4-9(5-11(15)6-10)8-2-3-12(16)13(17)7-8/h2-7H,1H3. The largest absolute Gasteiger partial charge is 0.465 e. The van der Waals surface area contributed by atoms with Crippen LogP contribution in [0, 0.1) is 17.5 Å². The number of esters is 1. The van der Waals surface area contributed by atoms with Gasteiger partial charge in [-0.25, -0.2) is 18.0 Å².